The molecule has 0 unspecified atom stereocenters. The zero-order valence-corrected chi connectivity index (χ0v) is 16.2. The molecule has 3 aromatic carbocycles. The molecule has 0 radical (unpaired) electrons. The monoisotopic (exact) mass is 412 g/mol. The smallest absolute Gasteiger partial charge is 0.288 e. The summed E-state index contributed by atoms with van der Waals surface area (Å²) >= 11 is 5.80. The first kappa shape index (κ1) is 20.2. The number of para-hydroxylation sites is 2. The molecule has 0 aliphatic carbocycles. The summed E-state index contributed by atoms with van der Waals surface area (Å²) < 4.78 is 11.3. The molecule has 0 heterocycles. The van der Waals surface area contributed by atoms with E-state index in [2.05, 4.69) is 5.32 Å². The Bertz CT molecular complexity index is 1040. The maximum atomic E-state index is 12.6. The molecule has 3 aromatic rings. The van der Waals surface area contributed by atoms with Gasteiger partial charge in [0.2, 0.25) is 0 Å². The fourth-order valence-corrected chi connectivity index (χ4v) is 2.73. The first-order valence-electron chi connectivity index (χ1n) is 8.73. The zero-order valence-electron chi connectivity index (χ0n) is 15.4. The van der Waals surface area contributed by atoms with E-state index in [9.17, 15) is 14.9 Å². The molecule has 1 N–H and O–H groups in total. The van der Waals surface area contributed by atoms with Gasteiger partial charge in [-0.25, -0.2) is 0 Å². The molecule has 7 nitrogen and oxygen atoms in total. The van der Waals surface area contributed by atoms with Gasteiger partial charge in [-0.2, -0.15) is 0 Å². The van der Waals surface area contributed by atoms with Crippen LogP contribution in [0, 0.1) is 10.1 Å². The number of carbonyl (C=O) groups is 1. The highest BCUT2D eigenvalue weighted by Crippen LogP contribution is 2.31. The summed E-state index contributed by atoms with van der Waals surface area (Å²) in [5, 5.41) is 13.7. The van der Waals surface area contributed by atoms with Crippen LogP contribution in [-0.2, 0) is 0 Å². The lowest BCUT2D eigenvalue weighted by Crippen LogP contribution is -2.12. The Morgan fingerprint density at radius 2 is 1.76 bits per heavy atom. The van der Waals surface area contributed by atoms with Gasteiger partial charge in [0, 0.05) is 11.6 Å². The van der Waals surface area contributed by atoms with Crippen LogP contribution in [0.15, 0.2) is 66.7 Å². The Morgan fingerprint density at radius 1 is 1.07 bits per heavy atom. The van der Waals surface area contributed by atoms with Crippen molar-refractivity contribution in [2.24, 2.45) is 0 Å². The number of anilines is 1. The van der Waals surface area contributed by atoms with E-state index in [0.717, 1.165) is 11.8 Å². The number of nitro benzene ring substituents is 1. The summed E-state index contributed by atoms with van der Waals surface area (Å²) in [5.74, 6) is 1.20. The minimum absolute atomic E-state index is 0.0363. The molecule has 29 heavy (non-hydrogen) atoms. The molecular formula is C21H17ClN2O5. The molecule has 0 saturated heterocycles. The van der Waals surface area contributed by atoms with Crippen molar-refractivity contribution in [1.29, 1.82) is 0 Å². The molecule has 0 bridgehead atoms. The number of amides is 1. The van der Waals surface area contributed by atoms with Crippen molar-refractivity contribution < 1.29 is 19.2 Å². The van der Waals surface area contributed by atoms with E-state index in [-0.39, 0.29) is 16.3 Å². The Hall–Kier alpha value is -3.58. The molecule has 0 aliphatic rings. The van der Waals surface area contributed by atoms with Crippen LogP contribution in [0.1, 0.15) is 17.3 Å². The zero-order chi connectivity index (χ0) is 20.8. The summed E-state index contributed by atoms with van der Waals surface area (Å²) in [6.45, 7) is 2.47. The second-order valence-electron chi connectivity index (χ2n) is 5.88. The maximum Gasteiger partial charge on any atom is 0.288 e. The third kappa shape index (κ3) is 5.03. The number of hydrogen-bond acceptors (Lipinski definition) is 5. The third-order valence-corrected chi connectivity index (χ3v) is 4.22. The molecule has 0 fully saturated rings. The summed E-state index contributed by atoms with van der Waals surface area (Å²) in [6, 6.07) is 17.8. The fourth-order valence-electron chi connectivity index (χ4n) is 2.54. The van der Waals surface area contributed by atoms with Gasteiger partial charge in [-0.15, -0.1) is 0 Å². The van der Waals surface area contributed by atoms with Crippen molar-refractivity contribution in [2.75, 3.05) is 11.9 Å². The van der Waals surface area contributed by atoms with Crippen molar-refractivity contribution in [3.8, 4) is 17.2 Å². The summed E-state index contributed by atoms with van der Waals surface area (Å²) in [6.07, 6.45) is 0. The average molecular weight is 413 g/mol. The van der Waals surface area contributed by atoms with Gasteiger partial charge in [0.05, 0.1) is 17.2 Å². The molecule has 0 aliphatic heterocycles. The predicted octanol–water partition coefficient (Wildman–Crippen LogP) is 5.69. The molecule has 0 saturated carbocycles. The quantitative estimate of drug-likeness (QED) is 0.397. The van der Waals surface area contributed by atoms with E-state index in [1.807, 2.05) is 6.92 Å². The van der Waals surface area contributed by atoms with Gasteiger partial charge in [-0.1, -0.05) is 23.7 Å². The van der Waals surface area contributed by atoms with Crippen LogP contribution in [0.25, 0.3) is 0 Å². The van der Waals surface area contributed by atoms with Crippen LogP contribution in [0.2, 0.25) is 5.02 Å². The van der Waals surface area contributed by atoms with Crippen LogP contribution in [-0.4, -0.2) is 17.4 Å². The highest BCUT2D eigenvalue weighted by Gasteiger charge is 2.17. The van der Waals surface area contributed by atoms with Crippen LogP contribution in [0.5, 0.6) is 17.2 Å². The molecule has 0 atom stereocenters. The highest BCUT2D eigenvalue weighted by molar-refractivity contribution is 6.32. The summed E-state index contributed by atoms with van der Waals surface area (Å²) in [7, 11) is 0. The van der Waals surface area contributed by atoms with Crippen LogP contribution >= 0.6 is 11.6 Å². The van der Waals surface area contributed by atoms with Gasteiger partial charge in [-0.3, -0.25) is 14.9 Å². The van der Waals surface area contributed by atoms with Crippen LogP contribution < -0.4 is 14.8 Å². The number of nitrogens with zero attached hydrogens (tertiary/aromatic N) is 1. The third-order valence-electron chi connectivity index (χ3n) is 3.90. The molecule has 0 spiro atoms. The van der Waals surface area contributed by atoms with E-state index in [1.54, 1.807) is 48.5 Å². The second kappa shape index (κ2) is 9.07. The number of halogens is 1. The topological polar surface area (TPSA) is 90.7 Å². The first-order chi connectivity index (χ1) is 14.0. The number of ether oxygens (including phenoxy) is 2. The van der Waals surface area contributed by atoms with Gasteiger partial charge in [0.15, 0.2) is 5.75 Å². The minimum Gasteiger partial charge on any atom is -0.494 e. The maximum absolute atomic E-state index is 12.6. The molecule has 8 heteroatoms. The van der Waals surface area contributed by atoms with Crippen molar-refractivity contribution in [2.45, 2.75) is 6.92 Å². The lowest BCUT2D eigenvalue weighted by molar-refractivity contribution is -0.384. The van der Waals surface area contributed by atoms with Crippen LogP contribution in [0.4, 0.5) is 11.4 Å². The summed E-state index contributed by atoms with van der Waals surface area (Å²) in [5.41, 5.74) is 0.194. The van der Waals surface area contributed by atoms with E-state index in [4.69, 9.17) is 21.1 Å². The normalized spacial score (nSPS) is 10.3. The second-order valence-corrected chi connectivity index (χ2v) is 6.29. The molecule has 3 rings (SSSR count). The van der Waals surface area contributed by atoms with E-state index in [0.29, 0.717) is 23.8 Å². The van der Waals surface area contributed by atoms with Crippen molar-refractivity contribution >= 4 is 28.9 Å². The van der Waals surface area contributed by atoms with E-state index >= 15 is 0 Å². The van der Waals surface area contributed by atoms with Gasteiger partial charge < -0.3 is 14.8 Å². The van der Waals surface area contributed by atoms with E-state index < -0.39 is 10.8 Å². The number of rotatable bonds is 7. The number of carbonyl (C=O) groups excluding carboxylic acids is 1. The molecule has 0 aromatic heterocycles. The lowest BCUT2D eigenvalue weighted by Gasteiger charge is -2.13. The largest absolute Gasteiger partial charge is 0.494 e. The number of hydrogen-bond donors (Lipinski definition) is 1. The van der Waals surface area contributed by atoms with Gasteiger partial charge in [0.25, 0.3) is 11.6 Å². The fraction of sp³-hybridized carbons (Fsp3) is 0.0952. The number of nitrogens with one attached hydrogen (secondary N) is 1. The standard InChI is InChI=1S/C21H17ClN2O5/c1-2-28-15-8-10-16(11-9-15)29-20-6-4-3-5-18(20)23-21(25)14-7-12-17(22)19(13-14)24(26)27/h3-13H,2H2,1H3,(H,23,25). The Morgan fingerprint density at radius 3 is 2.45 bits per heavy atom. The molecular weight excluding hydrogens is 396 g/mol. The average Bonchev–Trinajstić information content (AvgIpc) is 2.71. The van der Waals surface area contributed by atoms with Gasteiger partial charge in [-0.05, 0) is 55.5 Å². The van der Waals surface area contributed by atoms with Crippen molar-refractivity contribution in [3.63, 3.8) is 0 Å². The van der Waals surface area contributed by atoms with Crippen molar-refractivity contribution in [3.05, 3.63) is 87.4 Å². The Labute approximate surface area is 172 Å². The first-order valence-corrected chi connectivity index (χ1v) is 9.10. The van der Waals surface area contributed by atoms with Gasteiger partial charge >= 0.3 is 0 Å². The minimum atomic E-state index is -0.637. The van der Waals surface area contributed by atoms with Gasteiger partial charge in [0.1, 0.15) is 16.5 Å². The predicted molar refractivity (Wildman–Crippen MR) is 110 cm³/mol. The molecule has 148 valence electrons. The number of nitro groups is 1. The Balaban J connectivity index is 1.79. The lowest BCUT2D eigenvalue weighted by atomic mass is 10.2. The SMILES string of the molecule is CCOc1ccc(Oc2ccccc2NC(=O)c2ccc(Cl)c([N+](=O)[O-])c2)cc1. The van der Waals surface area contributed by atoms with Crippen LogP contribution in [0.3, 0.4) is 0 Å². The summed E-state index contributed by atoms with van der Waals surface area (Å²) in [4.78, 5) is 23.0. The Kier molecular flexibility index (Phi) is 6.31. The molecule has 1 amide bonds. The number of benzene rings is 3. The van der Waals surface area contributed by atoms with E-state index in [1.165, 1.54) is 12.1 Å². The highest BCUT2D eigenvalue weighted by atomic mass is 35.5. The van der Waals surface area contributed by atoms with Crippen molar-refractivity contribution in [1.82, 2.24) is 0 Å².